The Morgan fingerprint density at radius 2 is 1.74 bits per heavy atom. The monoisotopic (exact) mass is 323 g/mol. The molecule has 0 atom stereocenters. The number of halogens is 1. The smallest absolute Gasteiger partial charge is 0.315 e. The summed E-state index contributed by atoms with van der Waals surface area (Å²) in [4.78, 5) is 23.4. The molecule has 1 saturated carbocycles. The maximum Gasteiger partial charge on any atom is 0.315 e. The summed E-state index contributed by atoms with van der Waals surface area (Å²) in [5, 5.41) is 17.3. The number of amides is 3. The number of hydrogen-bond donors (Lipinski definition) is 4. The highest BCUT2D eigenvalue weighted by Gasteiger charge is 2.20. The summed E-state index contributed by atoms with van der Waals surface area (Å²) in [6, 6.07) is 5.42. The zero-order valence-electron chi connectivity index (χ0n) is 12.8. The summed E-state index contributed by atoms with van der Waals surface area (Å²) >= 11 is 0. The standard InChI is InChI=1S/C16H22FN3O3/c17-12-3-1-11(2-4-12)9-18-16(23)19-10-15(22)20-13-5-7-14(21)8-6-13/h1-4,13-14,21H,5-10H2,(H,20,22)(H2,18,19,23). The molecule has 1 aromatic carbocycles. The van der Waals surface area contributed by atoms with Gasteiger partial charge in [0.05, 0.1) is 12.6 Å². The summed E-state index contributed by atoms with van der Waals surface area (Å²) in [6.07, 6.45) is 2.62. The molecule has 3 amide bonds. The molecule has 23 heavy (non-hydrogen) atoms. The maximum atomic E-state index is 12.8. The van der Waals surface area contributed by atoms with Crippen LogP contribution < -0.4 is 16.0 Å². The molecule has 0 radical (unpaired) electrons. The van der Waals surface area contributed by atoms with E-state index < -0.39 is 6.03 Å². The minimum atomic E-state index is -0.455. The number of carbonyl (C=O) groups is 2. The van der Waals surface area contributed by atoms with Crippen molar-refractivity contribution in [1.29, 1.82) is 0 Å². The van der Waals surface area contributed by atoms with Crippen molar-refractivity contribution in [3.63, 3.8) is 0 Å². The Bertz CT molecular complexity index is 528. The summed E-state index contributed by atoms with van der Waals surface area (Å²) in [7, 11) is 0. The summed E-state index contributed by atoms with van der Waals surface area (Å²) in [5.41, 5.74) is 0.770. The zero-order valence-corrected chi connectivity index (χ0v) is 12.8. The fourth-order valence-electron chi connectivity index (χ4n) is 2.51. The molecule has 1 aromatic rings. The van der Waals surface area contributed by atoms with Gasteiger partial charge in [-0.3, -0.25) is 4.79 Å². The van der Waals surface area contributed by atoms with Crippen molar-refractivity contribution in [3.05, 3.63) is 35.6 Å². The Hall–Kier alpha value is -2.15. The number of rotatable bonds is 5. The van der Waals surface area contributed by atoms with Crippen LogP contribution in [-0.2, 0) is 11.3 Å². The second kappa shape index (κ2) is 8.47. The Balaban J connectivity index is 1.61. The number of aliphatic hydroxyl groups is 1. The van der Waals surface area contributed by atoms with E-state index in [2.05, 4.69) is 16.0 Å². The number of aliphatic hydroxyl groups excluding tert-OH is 1. The van der Waals surface area contributed by atoms with Gasteiger partial charge in [0.25, 0.3) is 0 Å². The van der Waals surface area contributed by atoms with Gasteiger partial charge in [-0.1, -0.05) is 12.1 Å². The van der Waals surface area contributed by atoms with Gasteiger partial charge in [-0.15, -0.1) is 0 Å². The topological polar surface area (TPSA) is 90.5 Å². The fraction of sp³-hybridized carbons (Fsp3) is 0.500. The predicted molar refractivity (Wildman–Crippen MR) is 83.0 cm³/mol. The number of carbonyl (C=O) groups excluding carboxylic acids is 2. The first kappa shape index (κ1) is 17.2. The van der Waals surface area contributed by atoms with Crippen LogP contribution in [0.4, 0.5) is 9.18 Å². The molecule has 1 fully saturated rings. The third-order valence-electron chi connectivity index (χ3n) is 3.84. The van der Waals surface area contributed by atoms with E-state index in [1.165, 1.54) is 12.1 Å². The Morgan fingerprint density at radius 1 is 1.09 bits per heavy atom. The molecule has 0 aliphatic heterocycles. The second-order valence-electron chi connectivity index (χ2n) is 5.74. The molecule has 1 aliphatic rings. The van der Waals surface area contributed by atoms with Crippen molar-refractivity contribution in [2.75, 3.05) is 6.54 Å². The minimum Gasteiger partial charge on any atom is -0.393 e. The third kappa shape index (κ3) is 6.23. The average molecular weight is 323 g/mol. The number of urea groups is 1. The molecule has 126 valence electrons. The van der Waals surface area contributed by atoms with Crippen LogP contribution in [0, 0.1) is 5.82 Å². The molecule has 0 aromatic heterocycles. The van der Waals surface area contributed by atoms with E-state index in [1.807, 2.05) is 0 Å². The zero-order chi connectivity index (χ0) is 16.7. The lowest BCUT2D eigenvalue weighted by atomic mass is 9.93. The van der Waals surface area contributed by atoms with Gasteiger partial charge < -0.3 is 21.1 Å². The van der Waals surface area contributed by atoms with E-state index in [0.29, 0.717) is 12.8 Å². The lowest BCUT2D eigenvalue weighted by Gasteiger charge is -2.26. The van der Waals surface area contributed by atoms with Gasteiger partial charge in [0.15, 0.2) is 0 Å². The van der Waals surface area contributed by atoms with Crippen LogP contribution in [0.3, 0.4) is 0 Å². The lowest BCUT2D eigenvalue weighted by molar-refractivity contribution is -0.121. The molecular weight excluding hydrogens is 301 g/mol. The molecule has 0 heterocycles. The fourth-order valence-corrected chi connectivity index (χ4v) is 2.51. The molecule has 6 nitrogen and oxygen atoms in total. The van der Waals surface area contributed by atoms with Crippen molar-refractivity contribution in [3.8, 4) is 0 Å². The van der Waals surface area contributed by atoms with Crippen LogP contribution in [0.15, 0.2) is 24.3 Å². The Labute approximate surface area is 134 Å². The highest BCUT2D eigenvalue weighted by atomic mass is 19.1. The first-order valence-electron chi connectivity index (χ1n) is 7.76. The van der Waals surface area contributed by atoms with Gasteiger partial charge in [-0.25, -0.2) is 9.18 Å². The van der Waals surface area contributed by atoms with E-state index >= 15 is 0 Å². The van der Waals surface area contributed by atoms with Crippen molar-refractivity contribution in [2.45, 2.75) is 44.4 Å². The minimum absolute atomic E-state index is 0.0648. The second-order valence-corrected chi connectivity index (χ2v) is 5.74. The van der Waals surface area contributed by atoms with Gasteiger partial charge in [0.2, 0.25) is 5.91 Å². The van der Waals surface area contributed by atoms with E-state index in [0.717, 1.165) is 18.4 Å². The third-order valence-corrected chi connectivity index (χ3v) is 3.84. The van der Waals surface area contributed by atoms with Crippen molar-refractivity contribution in [1.82, 2.24) is 16.0 Å². The molecule has 0 spiro atoms. The van der Waals surface area contributed by atoms with Crippen LogP contribution in [0.25, 0.3) is 0 Å². The van der Waals surface area contributed by atoms with Gasteiger partial charge in [0, 0.05) is 12.6 Å². The first-order valence-corrected chi connectivity index (χ1v) is 7.76. The van der Waals surface area contributed by atoms with E-state index in [4.69, 9.17) is 0 Å². The van der Waals surface area contributed by atoms with Crippen molar-refractivity contribution < 1.29 is 19.1 Å². The SMILES string of the molecule is O=C(CNC(=O)NCc1ccc(F)cc1)NC1CCC(O)CC1. The largest absolute Gasteiger partial charge is 0.393 e. The first-order chi connectivity index (χ1) is 11.0. The molecule has 0 saturated heterocycles. The lowest BCUT2D eigenvalue weighted by Crippen LogP contribution is -2.45. The number of hydrogen-bond acceptors (Lipinski definition) is 3. The quantitative estimate of drug-likeness (QED) is 0.653. The van der Waals surface area contributed by atoms with Crippen LogP contribution in [-0.4, -0.2) is 35.7 Å². The summed E-state index contributed by atoms with van der Waals surface area (Å²) in [5.74, 6) is -0.576. The Kier molecular flexibility index (Phi) is 6.34. The van der Waals surface area contributed by atoms with Gasteiger partial charge in [-0.2, -0.15) is 0 Å². The van der Waals surface area contributed by atoms with Gasteiger partial charge in [-0.05, 0) is 43.4 Å². The van der Waals surface area contributed by atoms with E-state index in [1.54, 1.807) is 12.1 Å². The highest BCUT2D eigenvalue weighted by Crippen LogP contribution is 2.17. The normalized spacial score (nSPS) is 20.6. The number of benzene rings is 1. The average Bonchev–Trinajstić information content (AvgIpc) is 2.54. The van der Waals surface area contributed by atoms with Crippen LogP contribution in [0.2, 0.25) is 0 Å². The molecule has 0 unspecified atom stereocenters. The maximum absolute atomic E-state index is 12.8. The molecular formula is C16H22FN3O3. The van der Waals surface area contributed by atoms with Crippen LogP contribution >= 0.6 is 0 Å². The van der Waals surface area contributed by atoms with Crippen LogP contribution in [0.5, 0.6) is 0 Å². The van der Waals surface area contributed by atoms with Gasteiger partial charge in [0.1, 0.15) is 5.82 Å². The molecule has 2 rings (SSSR count). The van der Waals surface area contributed by atoms with Crippen molar-refractivity contribution >= 4 is 11.9 Å². The highest BCUT2D eigenvalue weighted by molar-refractivity contribution is 5.84. The molecule has 7 heteroatoms. The molecule has 0 bridgehead atoms. The number of nitrogens with one attached hydrogen (secondary N) is 3. The van der Waals surface area contributed by atoms with E-state index in [-0.39, 0.29) is 37.0 Å². The summed E-state index contributed by atoms with van der Waals surface area (Å²) < 4.78 is 12.8. The van der Waals surface area contributed by atoms with E-state index in [9.17, 15) is 19.1 Å². The van der Waals surface area contributed by atoms with Crippen molar-refractivity contribution in [2.24, 2.45) is 0 Å². The Morgan fingerprint density at radius 3 is 2.39 bits per heavy atom. The predicted octanol–water partition coefficient (Wildman–Crippen LogP) is 1.04. The summed E-state index contributed by atoms with van der Waals surface area (Å²) in [6.45, 7) is 0.155. The molecule has 4 N–H and O–H groups in total. The van der Waals surface area contributed by atoms with Gasteiger partial charge >= 0.3 is 6.03 Å². The molecule has 1 aliphatic carbocycles. The van der Waals surface area contributed by atoms with Crippen LogP contribution in [0.1, 0.15) is 31.2 Å².